The number of halogens is 1. The molecule has 0 aliphatic heterocycles. The molecule has 2 rings (SSSR count). The minimum Gasteiger partial charge on any atom is -0.409 e. The van der Waals surface area contributed by atoms with Crippen molar-refractivity contribution in [1.82, 2.24) is 4.98 Å². The lowest BCUT2D eigenvalue weighted by Crippen LogP contribution is -2.18. The maximum atomic E-state index is 8.58. The molecule has 0 amide bonds. The summed E-state index contributed by atoms with van der Waals surface area (Å²) in [7, 11) is 1.94. The standard InChI is InChI=1S/C12H13ClN4OS/c1-17(7-9-3-4-10(13)19-9)11-5-2-8(6-15-11)12(14)16-18/h2-6,18H,7H2,1H3,(H2,14,16). The highest BCUT2D eigenvalue weighted by molar-refractivity contribution is 7.16. The summed E-state index contributed by atoms with van der Waals surface area (Å²) in [6, 6.07) is 7.45. The molecule has 0 unspecified atom stereocenters. The van der Waals surface area contributed by atoms with Crippen LogP contribution >= 0.6 is 22.9 Å². The lowest BCUT2D eigenvalue weighted by molar-refractivity contribution is 0.318. The molecule has 7 heteroatoms. The van der Waals surface area contributed by atoms with Crippen LogP contribution in [0.5, 0.6) is 0 Å². The quantitative estimate of drug-likeness (QED) is 0.393. The monoisotopic (exact) mass is 296 g/mol. The van der Waals surface area contributed by atoms with Crippen molar-refractivity contribution in [3.8, 4) is 0 Å². The Morgan fingerprint density at radius 3 is 2.79 bits per heavy atom. The van der Waals surface area contributed by atoms with Gasteiger partial charge in [0.1, 0.15) is 5.82 Å². The molecule has 2 aromatic rings. The van der Waals surface area contributed by atoms with Gasteiger partial charge in [-0.25, -0.2) is 4.98 Å². The first-order chi connectivity index (χ1) is 9.10. The number of hydrogen-bond donors (Lipinski definition) is 2. The Balaban J connectivity index is 2.09. The Morgan fingerprint density at radius 1 is 1.47 bits per heavy atom. The van der Waals surface area contributed by atoms with Crippen molar-refractivity contribution < 1.29 is 5.21 Å². The molecule has 0 aliphatic carbocycles. The summed E-state index contributed by atoms with van der Waals surface area (Å²) in [5.41, 5.74) is 6.06. The number of thiophene rings is 1. The molecule has 0 aliphatic rings. The minimum atomic E-state index is 0.0479. The molecule has 0 atom stereocenters. The van der Waals surface area contributed by atoms with Crippen LogP contribution in [0.15, 0.2) is 35.6 Å². The highest BCUT2D eigenvalue weighted by Crippen LogP contribution is 2.23. The second kappa shape index (κ2) is 5.90. The van der Waals surface area contributed by atoms with E-state index in [9.17, 15) is 0 Å². The second-order valence-electron chi connectivity index (χ2n) is 3.95. The Bertz CT molecular complexity index is 582. The number of pyridine rings is 1. The largest absolute Gasteiger partial charge is 0.409 e. The number of nitrogens with two attached hydrogens (primary N) is 1. The summed E-state index contributed by atoms with van der Waals surface area (Å²) in [4.78, 5) is 7.44. The first-order valence-corrected chi connectivity index (χ1v) is 6.69. The van der Waals surface area contributed by atoms with Crippen LogP contribution in [-0.2, 0) is 6.54 Å². The van der Waals surface area contributed by atoms with E-state index in [0.717, 1.165) is 21.6 Å². The first kappa shape index (κ1) is 13.6. The van der Waals surface area contributed by atoms with Crippen LogP contribution in [0.2, 0.25) is 4.34 Å². The van der Waals surface area contributed by atoms with Crippen molar-refractivity contribution in [2.24, 2.45) is 10.9 Å². The predicted molar refractivity (Wildman–Crippen MR) is 78.2 cm³/mol. The third-order valence-electron chi connectivity index (χ3n) is 2.56. The number of amidine groups is 1. The van der Waals surface area contributed by atoms with E-state index in [1.165, 1.54) is 0 Å². The summed E-state index contributed by atoms with van der Waals surface area (Å²) < 4.78 is 0.777. The molecule has 0 aromatic carbocycles. The Hall–Kier alpha value is -1.79. The highest BCUT2D eigenvalue weighted by atomic mass is 35.5. The molecular weight excluding hydrogens is 284 g/mol. The average Bonchev–Trinajstić information content (AvgIpc) is 2.83. The molecule has 2 heterocycles. The number of nitrogens with zero attached hydrogens (tertiary/aromatic N) is 3. The van der Waals surface area contributed by atoms with E-state index in [1.54, 1.807) is 23.6 Å². The van der Waals surface area contributed by atoms with Gasteiger partial charge in [-0.1, -0.05) is 16.8 Å². The summed E-state index contributed by atoms with van der Waals surface area (Å²) in [6.45, 7) is 0.729. The SMILES string of the molecule is CN(Cc1ccc(Cl)s1)c1ccc(/C(N)=N/O)cn1. The minimum absolute atomic E-state index is 0.0479. The number of hydrogen-bond acceptors (Lipinski definition) is 5. The van der Waals surface area contributed by atoms with Crippen LogP contribution in [0.4, 0.5) is 5.82 Å². The number of anilines is 1. The normalized spacial score (nSPS) is 11.6. The first-order valence-electron chi connectivity index (χ1n) is 5.49. The highest BCUT2D eigenvalue weighted by Gasteiger charge is 2.07. The third kappa shape index (κ3) is 3.36. The third-order valence-corrected chi connectivity index (χ3v) is 3.78. The summed E-state index contributed by atoms with van der Waals surface area (Å²) in [6.07, 6.45) is 1.57. The van der Waals surface area contributed by atoms with E-state index in [0.29, 0.717) is 5.56 Å². The van der Waals surface area contributed by atoms with E-state index in [2.05, 4.69) is 10.1 Å². The average molecular weight is 297 g/mol. The topological polar surface area (TPSA) is 74.7 Å². The van der Waals surface area contributed by atoms with Gasteiger partial charge in [0.25, 0.3) is 0 Å². The predicted octanol–water partition coefficient (Wildman–Crippen LogP) is 2.53. The molecule has 0 saturated carbocycles. The summed E-state index contributed by atoms with van der Waals surface area (Å²) in [5.74, 6) is 0.853. The van der Waals surface area contributed by atoms with Crippen LogP contribution in [0, 0.1) is 0 Å². The molecule has 3 N–H and O–H groups in total. The van der Waals surface area contributed by atoms with Gasteiger partial charge in [0, 0.05) is 23.7 Å². The van der Waals surface area contributed by atoms with Gasteiger partial charge in [0.15, 0.2) is 5.84 Å². The van der Waals surface area contributed by atoms with Crippen LogP contribution in [0.25, 0.3) is 0 Å². The van der Waals surface area contributed by atoms with Crippen molar-refractivity contribution >= 4 is 34.6 Å². The van der Waals surface area contributed by atoms with E-state index < -0.39 is 0 Å². The lowest BCUT2D eigenvalue weighted by Gasteiger charge is -2.17. The van der Waals surface area contributed by atoms with E-state index >= 15 is 0 Å². The van der Waals surface area contributed by atoms with Crippen LogP contribution < -0.4 is 10.6 Å². The second-order valence-corrected chi connectivity index (χ2v) is 5.75. The molecule has 0 fully saturated rings. The van der Waals surface area contributed by atoms with Gasteiger partial charge in [0.2, 0.25) is 0 Å². The maximum absolute atomic E-state index is 8.58. The molecule has 19 heavy (non-hydrogen) atoms. The Kier molecular flexibility index (Phi) is 4.24. The van der Waals surface area contributed by atoms with Gasteiger partial charge in [-0.05, 0) is 24.3 Å². The fourth-order valence-electron chi connectivity index (χ4n) is 1.57. The smallest absolute Gasteiger partial charge is 0.171 e. The Labute approximate surface area is 119 Å². The van der Waals surface area contributed by atoms with Gasteiger partial charge in [-0.3, -0.25) is 0 Å². The zero-order valence-corrected chi connectivity index (χ0v) is 11.8. The zero-order chi connectivity index (χ0) is 13.8. The molecule has 0 radical (unpaired) electrons. The van der Waals surface area contributed by atoms with Crippen molar-refractivity contribution in [3.05, 3.63) is 45.2 Å². The molecular formula is C12H13ClN4OS. The van der Waals surface area contributed by atoms with Crippen molar-refractivity contribution in [3.63, 3.8) is 0 Å². The van der Waals surface area contributed by atoms with Gasteiger partial charge < -0.3 is 15.8 Å². The molecule has 0 saturated heterocycles. The zero-order valence-electron chi connectivity index (χ0n) is 10.2. The Morgan fingerprint density at radius 2 is 2.26 bits per heavy atom. The molecule has 0 bridgehead atoms. The van der Waals surface area contributed by atoms with E-state index in [4.69, 9.17) is 22.5 Å². The summed E-state index contributed by atoms with van der Waals surface area (Å²) >= 11 is 7.44. The van der Waals surface area contributed by atoms with Crippen molar-refractivity contribution in [1.29, 1.82) is 0 Å². The number of rotatable bonds is 4. The molecule has 2 aromatic heterocycles. The van der Waals surface area contributed by atoms with E-state index in [1.807, 2.05) is 30.1 Å². The number of aromatic nitrogens is 1. The molecule has 100 valence electrons. The van der Waals surface area contributed by atoms with Crippen molar-refractivity contribution in [2.75, 3.05) is 11.9 Å². The van der Waals surface area contributed by atoms with Crippen LogP contribution in [-0.4, -0.2) is 23.1 Å². The molecule has 5 nitrogen and oxygen atoms in total. The number of oxime groups is 1. The summed E-state index contributed by atoms with van der Waals surface area (Å²) in [5, 5.41) is 11.5. The fraction of sp³-hybridized carbons (Fsp3) is 0.167. The van der Waals surface area contributed by atoms with Crippen molar-refractivity contribution in [2.45, 2.75) is 6.54 Å². The lowest BCUT2D eigenvalue weighted by atomic mass is 10.2. The van der Waals surface area contributed by atoms with Gasteiger partial charge in [-0.15, -0.1) is 11.3 Å². The van der Waals surface area contributed by atoms with Gasteiger partial charge >= 0.3 is 0 Å². The van der Waals surface area contributed by atoms with Crippen LogP contribution in [0.3, 0.4) is 0 Å². The van der Waals surface area contributed by atoms with E-state index in [-0.39, 0.29) is 5.84 Å². The molecule has 0 spiro atoms. The maximum Gasteiger partial charge on any atom is 0.171 e. The fourth-order valence-corrected chi connectivity index (χ4v) is 2.71. The van der Waals surface area contributed by atoms with Gasteiger partial charge in [-0.2, -0.15) is 0 Å². The van der Waals surface area contributed by atoms with Crippen LogP contribution in [0.1, 0.15) is 10.4 Å². The van der Waals surface area contributed by atoms with Gasteiger partial charge in [0.05, 0.1) is 10.9 Å².